The summed E-state index contributed by atoms with van der Waals surface area (Å²) in [6.07, 6.45) is 12.0. The molecule has 0 aliphatic heterocycles. The first-order valence-corrected chi connectivity index (χ1v) is 5.54. The maximum Gasteiger partial charge on any atom is -0.0156 e. The fourth-order valence-electron chi connectivity index (χ4n) is 1.53. The van der Waals surface area contributed by atoms with Crippen LogP contribution in [0.1, 0.15) is 27.7 Å². The Morgan fingerprint density at radius 1 is 1.06 bits per heavy atom. The lowest BCUT2D eigenvalue weighted by atomic mass is 9.94. The molecule has 0 aliphatic carbocycles. The number of allylic oxidation sites excluding steroid dienone is 10. The lowest BCUT2D eigenvalue weighted by Gasteiger charge is -2.11. The molecule has 0 aromatic rings. The molecule has 0 nitrogen and oxygen atoms in total. The fraction of sp³-hybridized carbons (Fsp3) is 0.250. The SMILES string of the molecule is C=C/C=C(C(\C)=C/C)/C(C=C)=C(C)/C=C\C. The van der Waals surface area contributed by atoms with Crippen LogP contribution >= 0.6 is 0 Å². The van der Waals surface area contributed by atoms with E-state index in [2.05, 4.69) is 39.2 Å². The molecule has 0 aliphatic rings. The van der Waals surface area contributed by atoms with Crippen LogP contribution in [-0.4, -0.2) is 0 Å². The molecule has 0 fully saturated rings. The molecule has 86 valence electrons. The topological polar surface area (TPSA) is 0 Å². The number of hydrogen-bond acceptors (Lipinski definition) is 0. The van der Waals surface area contributed by atoms with E-state index < -0.39 is 0 Å². The maximum absolute atomic E-state index is 3.89. The highest BCUT2D eigenvalue weighted by Gasteiger charge is 2.05. The highest BCUT2D eigenvalue weighted by molar-refractivity contribution is 5.55. The minimum Gasteiger partial charge on any atom is -0.0990 e. The third-order valence-electron chi connectivity index (χ3n) is 2.48. The van der Waals surface area contributed by atoms with Crippen LogP contribution in [0.3, 0.4) is 0 Å². The van der Waals surface area contributed by atoms with Gasteiger partial charge in [-0.15, -0.1) is 0 Å². The first-order chi connectivity index (χ1) is 7.62. The van der Waals surface area contributed by atoms with Gasteiger partial charge < -0.3 is 0 Å². The third-order valence-corrected chi connectivity index (χ3v) is 2.48. The lowest BCUT2D eigenvalue weighted by Crippen LogP contribution is -1.92. The molecule has 16 heavy (non-hydrogen) atoms. The van der Waals surface area contributed by atoms with Gasteiger partial charge in [0.15, 0.2) is 0 Å². The smallest absolute Gasteiger partial charge is 0.0156 e. The molecule has 0 heteroatoms. The summed E-state index contributed by atoms with van der Waals surface area (Å²) in [5.41, 5.74) is 4.79. The summed E-state index contributed by atoms with van der Waals surface area (Å²) in [6, 6.07) is 0. The van der Waals surface area contributed by atoms with Crippen molar-refractivity contribution in [3.8, 4) is 0 Å². The van der Waals surface area contributed by atoms with Gasteiger partial charge in [0.1, 0.15) is 0 Å². The van der Waals surface area contributed by atoms with E-state index in [0.29, 0.717) is 0 Å². The monoisotopic (exact) mass is 214 g/mol. The van der Waals surface area contributed by atoms with Crippen molar-refractivity contribution in [1.82, 2.24) is 0 Å². The normalized spacial score (nSPS) is 15.0. The third kappa shape index (κ3) is 3.90. The quantitative estimate of drug-likeness (QED) is 0.556. The average Bonchev–Trinajstić information content (AvgIpc) is 2.28. The molecule has 0 saturated heterocycles. The Kier molecular flexibility index (Phi) is 6.95. The molecule has 0 atom stereocenters. The first kappa shape index (κ1) is 14.4. The zero-order valence-corrected chi connectivity index (χ0v) is 10.9. The van der Waals surface area contributed by atoms with Crippen molar-refractivity contribution in [2.24, 2.45) is 0 Å². The molecule has 0 unspecified atom stereocenters. The molecular formula is C16H22. The second-order valence-corrected chi connectivity index (χ2v) is 3.59. The molecule has 0 heterocycles. The average molecular weight is 214 g/mol. The van der Waals surface area contributed by atoms with Crippen LogP contribution < -0.4 is 0 Å². The van der Waals surface area contributed by atoms with E-state index in [1.165, 1.54) is 16.7 Å². The second kappa shape index (κ2) is 7.70. The molecule has 0 saturated carbocycles. The van der Waals surface area contributed by atoms with Crippen molar-refractivity contribution in [2.75, 3.05) is 0 Å². The molecular weight excluding hydrogens is 192 g/mol. The van der Waals surface area contributed by atoms with Crippen LogP contribution in [0.25, 0.3) is 0 Å². The van der Waals surface area contributed by atoms with E-state index in [4.69, 9.17) is 0 Å². The van der Waals surface area contributed by atoms with Crippen LogP contribution in [-0.2, 0) is 0 Å². The van der Waals surface area contributed by atoms with Gasteiger partial charge in [-0.05, 0) is 50.0 Å². The van der Waals surface area contributed by atoms with Crippen molar-refractivity contribution < 1.29 is 0 Å². The highest BCUT2D eigenvalue weighted by Crippen LogP contribution is 2.24. The molecule has 0 spiro atoms. The van der Waals surface area contributed by atoms with Crippen LogP contribution in [0, 0.1) is 0 Å². The summed E-state index contributed by atoms with van der Waals surface area (Å²) < 4.78 is 0. The standard InChI is InChI=1S/C16H22/c1-7-11-14(6)15(10-4)16(12-8-2)13(5)9-3/h7-12H,2,4H2,1,3,5-6H3/b11-7-,13-9-,15-14+,16-12+. The largest absolute Gasteiger partial charge is 0.0990 e. The van der Waals surface area contributed by atoms with Crippen molar-refractivity contribution >= 4 is 0 Å². The van der Waals surface area contributed by atoms with Crippen LogP contribution in [0.5, 0.6) is 0 Å². The summed E-state index contributed by atoms with van der Waals surface area (Å²) in [6.45, 7) is 15.9. The van der Waals surface area contributed by atoms with E-state index in [-0.39, 0.29) is 0 Å². The second-order valence-electron chi connectivity index (χ2n) is 3.59. The van der Waals surface area contributed by atoms with Gasteiger partial charge in [-0.2, -0.15) is 0 Å². The molecule has 0 aromatic carbocycles. The minimum absolute atomic E-state index is 1.16. The van der Waals surface area contributed by atoms with E-state index in [1.807, 2.05) is 38.2 Å². The van der Waals surface area contributed by atoms with Gasteiger partial charge in [-0.1, -0.05) is 49.6 Å². The Labute approximate surface area is 100 Å². The molecule has 0 radical (unpaired) electrons. The lowest BCUT2D eigenvalue weighted by molar-refractivity contribution is 1.31. The summed E-state index contributed by atoms with van der Waals surface area (Å²) in [5, 5.41) is 0. The van der Waals surface area contributed by atoms with Crippen molar-refractivity contribution in [2.45, 2.75) is 27.7 Å². The Hall–Kier alpha value is -1.56. The first-order valence-electron chi connectivity index (χ1n) is 5.54. The summed E-state index contributed by atoms with van der Waals surface area (Å²) >= 11 is 0. The minimum atomic E-state index is 1.16. The predicted molar refractivity (Wildman–Crippen MR) is 75.4 cm³/mol. The maximum atomic E-state index is 3.89. The molecule has 0 aromatic heterocycles. The van der Waals surface area contributed by atoms with E-state index in [1.54, 1.807) is 0 Å². The Bertz CT molecular complexity index is 371. The zero-order chi connectivity index (χ0) is 12.6. The van der Waals surface area contributed by atoms with E-state index in [0.717, 1.165) is 5.57 Å². The van der Waals surface area contributed by atoms with Gasteiger partial charge in [-0.25, -0.2) is 0 Å². The zero-order valence-electron chi connectivity index (χ0n) is 10.9. The Morgan fingerprint density at radius 3 is 2.06 bits per heavy atom. The van der Waals surface area contributed by atoms with Crippen LogP contribution in [0.4, 0.5) is 0 Å². The molecule has 0 amide bonds. The predicted octanol–water partition coefficient (Wildman–Crippen LogP) is 5.14. The molecule has 0 bridgehead atoms. The van der Waals surface area contributed by atoms with Gasteiger partial charge in [0.25, 0.3) is 0 Å². The van der Waals surface area contributed by atoms with E-state index in [9.17, 15) is 0 Å². The van der Waals surface area contributed by atoms with Gasteiger partial charge in [0.2, 0.25) is 0 Å². The van der Waals surface area contributed by atoms with Gasteiger partial charge in [0, 0.05) is 0 Å². The Morgan fingerprint density at radius 2 is 1.69 bits per heavy atom. The van der Waals surface area contributed by atoms with Crippen LogP contribution in [0.2, 0.25) is 0 Å². The summed E-state index contributed by atoms with van der Waals surface area (Å²) in [4.78, 5) is 0. The summed E-state index contributed by atoms with van der Waals surface area (Å²) in [5.74, 6) is 0. The van der Waals surface area contributed by atoms with Gasteiger partial charge in [-0.3, -0.25) is 0 Å². The number of rotatable bonds is 5. The highest BCUT2D eigenvalue weighted by atomic mass is 14.1. The van der Waals surface area contributed by atoms with Gasteiger partial charge >= 0.3 is 0 Å². The van der Waals surface area contributed by atoms with Crippen molar-refractivity contribution in [3.05, 3.63) is 71.9 Å². The van der Waals surface area contributed by atoms with E-state index >= 15 is 0 Å². The molecule has 0 rings (SSSR count). The number of hydrogen-bond donors (Lipinski definition) is 0. The summed E-state index contributed by atoms with van der Waals surface area (Å²) in [7, 11) is 0. The Balaban J connectivity index is 5.68. The van der Waals surface area contributed by atoms with Crippen LogP contribution in [0.15, 0.2) is 71.9 Å². The van der Waals surface area contributed by atoms with Crippen molar-refractivity contribution in [1.29, 1.82) is 0 Å². The van der Waals surface area contributed by atoms with Crippen molar-refractivity contribution in [3.63, 3.8) is 0 Å². The van der Waals surface area contributed by atoms with Gasteiger partial charge in [0.05, 0.1) is 0 Å². The molecule has 0 N–H and O–H groups in total. The fourth-order valence-corrected chi connectivity index (χ4v) is 1.53.